The molecule has 3 aliphatic heterocycles. The highest BCUT2D eigenvalue weighted by Gasteiger charge is 2.77. The first-order valence-electron chi connectivity index (χ1n) is 13.4. The standard InChI is InChI=1S/C28H41N3O4S/c1-6-10-18(4)29-25(34)23-28-14-13-27(5,36-28)21(24(33)30-19-11-8-7-9-12-19)22(28)26(35)31(23)20(16-32)15-17(2)3/h7-9,11-12,17-18,20-23,32H,6,10,13-16H2,1-5H3,(H,29,34)(H,30,33)/t18?,20-,21-,22+,23?,27+,28?/m1/s1. The van der Waals surface area contributed by atoms with Gasteiger partial charge >= 0.3 is 0 Å². The zero-order valence-electron chi connectivity index (χ0n) is 22.1. The second kappa shape index (κ2) is 10.4. The number of rotatable bonds is 10. The van der Waals surface area contributed by atoms with Crippen molar-refractivity contribution in [2.45, 2.75) is 94.3 Å². The van der Waals surface area contributed by atoms with Gasteiger partial charge in [-0.25, -0.2) is 0 Å². The summed E-state index contributed by atoms with van der Waals surface area (Å²) in [4.78, 5) is 43.5. The van der Waals surface area contributed by atoms with Crippen molar-refractivity contribution in [1.29, 1.82) is 0 Å². The molecule has 8 heteroatoms. The maximum atomic E-state index is 14.2. The van der Waals surface area contributed by atoms with Crippen molar-refractivity contribution in [1.82, 2.24) is 10.2 Å². The molecule has 3 N–H and O–H groups in total. The first-order chi connectivity index (χ1) is 17.1. The van der Waals surface area contributed by atoms with E-state index in [1.165, 1.54) is 0 Å². The lowest BCUT2D eigenvalue weighted by Gasteiger charge is -2.38. The van der Waals surface area contributed by atoms with Gasteiger partial charge in [-0.3, -0.25) is 14.4 Å². The Morgan fingerprint density at radius 3 is 2.47 bits per heavy atom. The van der Waals surface area contributed by atoms with E-state index >= 15 is 0 Å². The molecule has 1 aromatic carbocycles. The summed E-state index contributed by atoms with van der Waals surface area (Å²) < 4.78 is -1.10. The molecule has 3 saturated heterocycles. The Bertz CT molecular complexity index is 988. The number of para-hydroxylation sites is 1. The number of carbonyl (C=O) groups is 3. The van der Waals surface area contributed by atoms with Gasteiger partial charge in [-0.05, 0) is 57.6 Å². The number of carbonyl (C=O) groups excluding carboxylic acids is 3. The number of aliphatic hydroxyl groups excluding tert-OH is 1. The Hall–Kier alpha value is -2.06. The van der Waals surface area contributed by atoms with Crippen molar-refractivity contribution in [3.8, 4) is 0 Å². The molecule has 3 heterocycles. The van der Waals surface area contributed by atoms with Crippen molar-refractivity contribution >= 4 is 35.2 Å². The van der Waals surface area contributed by atoms with Gasteiger partial charge in [0, 0.05) is 16.5 Å². The van der Waals surface area contributed by atoms with E-state index in [4.69, 9.17) is 0 Å². The van der Waals surface area contributed by atoms with E-state index in [0.717, 1.165) is 19.3 Å². The van der Waals surface area contributed by atoms with E-state index in [-0.39, 0.29) is 36.3 Å². The Morgan fingerprint density at radius 1 is 1.17 bits per heavy atom. The summed E-state index contributed by atoms with van der Waals surface area (Å²) >= 11 is 1.66. The van der Waals surface area contributed by atoms with Crippen LogP contribution in [-0.2, 0) is 14.4 Å². The number of anilines is 1. The van der Waals surface area contributed by atoms with Gasteiger partial charge in [0.15, 0.2) is 0 Å². The van der Waals surface area contributed by atoms with Crippen LogP contribution >= 0.6 is 11.8 Å². The van der Waals surface area contributed by atoms with Crippen molar-refractivity contribution in [3.05, 3.63) is 30.3 Å². The molecule has 3 fully saturated rings. The second-order valence-electron chi connectivity index (χ2n) is 11.5. The summed E-state index contributed by atoms with van der Waals surface area (Å²) in [7, 11) is 0. The van der Waals surface area contributed by atoms with Crippen LogP contribution in [0.1, 0.15) is 66.7 Å². The van der Waals surface area contributed by atoms with Crippen molar-refractivity contribution in [2.75, 3.05) is 11.9 Å². The quantitative estimate of drug-likeness (QED) is 0.440. The van der Waals surface area contributed by atoms with E-state index in [9.17, 15) is 19.5 Å². The third-order valence-electron chi connectivity index (χ3n) is 8.24. The summed E-state index contributed by atoms with van der Waals surface area (Å²) in [6.45, 7) is 10.1. The van der Waals surface area contributed by atoms with E-state index in [0.29, 0.717) is 18.5 Å². The van der Waals surface area contributed by atoms with Gasteiger partial charge < -0.3 is 20.6 Å². The highest BCUT2D eigenvalue weighted by molar-refractivity contribution is 8.02. The molecule has 36 heavy (non-hydrogen) atoms. The minimum Gasteiger partial charge on any atom is -0.394 e. The van der Waals surface area contributed by atoms with Gasteiger partial charge in [-0.2, -0.15) is 0 Å². The van der Waals surface area contributed by atoms with E-state index < -0.39 is 33.4 Å². The average Bonchev–Trinajstić information content (AvgIpc) is 3.39. The van der Waals surface area contributed by atoms with Crippen molar-refractivity contribution in [3.63, 3.8) is 0 Å². The monoisotopic (exact) mass is 515 g/mol. The number of likely N-dealkylation sites (tertiary alicyclic amines) is 1. The summed E-state index contributed by atoms with van der Waals surface area (Å²) in [5.41, 5.74) is 0.700. The zero-order chi connectivity index (χ0) is 26.3. The molecule has 198 valence electrons. The number of hydrogen-bond acceptors (Lipinski definition) is 5. The lowest BCUT2D eigenvalue weighted by Crippen LogP contribution is -2.57. The molecule has 0 aliphatic carbocycles. The molecule has 4 rings (SSSR count). The maximum Gasteiger partial charge on any atom is 0.244 e. The maximum absolute atomic E-state index is 14.2. The molecular weight excluding hydrogens is 474 g/mol. The second-order valence-corrected chi connectivity index (χ2v) is 13.4. The van der Waals surface area contributed by atoms with Crippen LogP contribution in [0, 0.1) is 17.8 Å². The molecule has 0 saturated carbocycles. The Labute approximate surface area is 219 Å². The first-order valence-corrected chi connectivity index (χ1v) is 14.2. The number of aliphatic hydroxyl groups is 1. The van der Waals surface area contributed by atoms with Gasteiger partial charge in [-0.1, -0.05) is 45.4 Å². The summed E-state index contributed by atoms with van der Waals surface area (Å²) in [6.07, 6.45) is 3.87. The molecule has 3 unspecified atom stereocenters. The number of nitrogens with one attached hydrogen (secondary N) is 2. The Morgan fingerprint density at radius 2 is 1.86 bits per heavy atom. The molecule has 2 bridgehead atoms. The predicted molar refractivity (Wildman–Crippen MR) is 143 cm³/mol. The lowest BCUT2D eigenvalue weighted by molar-refractivity contribution is -0.143. The van der Waals surface area contributed by atoms with E-state index in [1.807, 2.05) is 37.3 Å². The predicted octanol–water partition coefficient (Wildman–Crippen LogP) is 3.82. The average molecular weight is 516 g/mol. The summed E-state index contributed by atoms with van der Waals surface area (Å²) in [5.74, 6) is -1.38. The fraction of sp³-hybridized carbons (Fsp3) is 0.679. The third kappa shape index (κ3) is 4.55. The van der Waals surface area contributed by atoms with Gasteiger partial charge in [0.25, 0.3) is 0 Å². The van der Waals surface area contributed by atoms with Crippen LogP contribution < -0.4 is 10.6 Å². The first kappa shape index (κ1) is 27.0. The number of thioether (sulfide) groups is 1. The highest BCUT2D eigenvalue weighted by Crippen LogP contribution is 2.71. The lowest BCUT2D eigenvalue weighted by atomic mass is 9.66. The molecule has 3 aliphatic rings. The molecule has 7 atom stereocenters. The van der Waals surface area contributed by atoms with Gasteiger partial charge in [0.1, 0.15) is 6.04 Å². The van der Waals surface area contributed by atoms with Crippen LogP contribution in [0.15, 0.2) is 30.3 Å². The smallest absolute Gasteiger partial charge is 0.244 e. The number of fused-ring (bicyclic) bond motifs is 1. The van der Waals surface area contributed by atoms with Crippen molar-refractivity contribution < 1.29 is 19.5 Å². The van der Waals surface area contributed by atoms with Crippen LogP contribution in [0.4, 0.5) is 5.69 Å². The molecular formula is C28H41N3O4S. The van der Waals surface area contributed by atoms with Crippen LogP contribution in [0.2, 0.25) is 0 Å². The molecule has 3 amide bonds. The highest BCUT2D eigenvalue weighted by atomic mass is 32.2. The zero-order valence-corrected chi connectivity index (χ0v) is 22.9. The summed E-state index contributed by atoms with van der Waals surface area (Å²) in [6, 6.07) is 8.14. The van der Waals surface area contributed by atoms with Gasteiger partial charge in [-0.15, -0.1) is 11.8 Å². The van der Waals surface area contributed by atoms with E-state index in [2.05, 4.69) is 38.3 Å². The number of nitrogens with zero attached hydrogens (tertiary/aromatic N) is 1. The fourth-order valence-electron chi connectivity index (χ4n) is 6.85. The van der Waals surface area contributed by atoms with Crippen LogP contribution in [0.5, 0.6) is 0 Å². The SMILES string of the molecule is CCCC(C)NC(=O)C1N([C@@H](CO)CC(C)C)C(=O)[C@@H]2[C@H](C(=O)Nc3ccccc3)[C@]3(C)CCC12S3. The molecule has 1 spiro atoms. The Kier molecular flexibility index (Phi) is 7.77. The summed E-state index contributed by atoms with van der Waals surface area (Å²) in [5, 5.41) is 16.6. The third-order valence-corrected chi connectivity index (χ3v) is 10.2. The molecule has 0 aromatic heterocycles. The minimum absolute atomic E-state index is 0.0102. The Balaban J connectivity index is 1.73. The van der Waals surface area contributed by atoms with E-state index in [1.54, 1.807) is 16.7 Å². The number of amides is 3. The largest absolute Gasteiger partial charge is 0.394 e. The fourth-order valence-corrected chi connectivity index (χ4v) is 9.19. The minimum atomic E-state index is -0.702. The normalized spacial score (nSPS) is 32.5. The van der Waals surface area contributed by atoms with Gasteiger partial charge in [0.2, 0.25) is 17.7 Å². The molecule has 0 radical (unpaired) electrons. The number of hydrogen-bond donors (Lipinski definition) is 3. The van der Waals surface area contributed by atoms with Crippen molar-refractivity contribution in [2.24, 2.45) is 17.8 Å². The number of benzene rings is 1. The van der Waals surface area contributed by atoms with Gasteiger partial charge in [0.05, 0.1) is 29.2 Å². The topological polar surface area (TPSA) is 98.7 Å². The molecule has 7 nitrogen and oxygen atoms in total. The molecule has 1 aromatic rings. The van der Waals surface area contributed by atoms with Crippen LogP contribution in [0.25, 0.3) is 0 Å². The van der Waals surface area contributed by atoms with Crippen LogP contribution in [-0.4, -0.2) is 62.0 Å². The van der Waals surface area contributed by atoms with Crippen LogP contribution in [0.3, 0.4) is 0 Å².